The number of halogens is 1. The van der Waals surface area contributed by atoms with E-state index in [0.29, 0.717) is 23.7 Å². The van der Waals surface area contributed by atoms with Crippen molar-refractivity contribution >= 4 is 22.8 Å². The maximum Gasteiger partial charge on any atom is 0.320 e. The zero-order valence-corrected chi connectivity index (χ0v) is 14.0. The summed E-state index contributed by atoms with van der Waals surface area (Å²) >= 11 is 0. The maximum atomic E-state index is 13.6. The van der Waals surface area contributed by atoms with Gasteiger partial charge in [-0.2, -0.15) is 5.10 Å². The highest BCUT2D eigenvalue weighted by molar-refractivity contribution is 6.00. The monoisotopic (exact) mass is 342 g/mol. The summed E-state index contributed by atoms with van der Waals surface area (Å²) < 4.78 is 18.9. The Morgan fingerprint density at radius 1 is 1.28 bits per heavy atom. The van der Waals surface area contributed by atoms with Crippen LogP contribution >= 0.6 is 0 Å². The standard InChI is InChI=1S/C18H19FN4O2/c1-3-8-20-18(24)21-17-13-6-4-11(9-15(13)22-23-17)14-10-12(19)5-7-16(14)25-2/h4-7,9-10H,3,8H2,1-2H3,(H3,20,21,22,23,24). The van der Waals surface area contributed by atoms with E-state index in [1.165, 1.54) is 12.1 Å². The maximum absolute atomic E-state index is 13.6. The van der Waals surface area contributed by atoms with Gasteiger partial charge in [-0.3, -0.25) is 10.4 Å². The molecule has 25 heavy (non-hydrogen) atoms. The van der Waals surface area contributed by atoms with Gasteiger partial charge in [0.25, 0.3) is 0 Å². The van der Waals surface area contributed by atoms with Crippen LogP contribution in [0, 0.1) is 5.82 Å². The van der Waals surface area contributed by atoms with Crippen molar-refractivity contribution < 1.29 is 13.9 Å². The number of aromatic amines is 1. The molecule has 130 valence electrons. The molecule has 6 nitrogen and oxygen atoms in total. The number of carbonyl (C=O) groups is 1. The largest absolute Gasteiger partial charge is 0.496 e. The lowest BCUT2D eigenvalue weighted by Crippen LogP contribution is -2.29. The van der Waals surface area contributed by atoms with Crippen LogP contribution in [0.3, 0.4) is 0 Å². The average Bonchev–Trinajstić information content (AvgIpc) is 3.02. The van der Waals surface area contributed by atoms with E-state index in [9.17, 15) is 9.18 Å². The van der Waals surface area contributed by atoms with E-state index >= 15 is 0 Å². The molecule has 1 heterocycles. The Hall–Kier alpha value is -3.09. The van der Waals surface area contributed by atoms with Crippen LogP contribution in [0.1, 0.15) is 13.3 Å². The number of hydrogen-bond acceptors (Lipinski definition) is 3. The number of benzene rings is 2. The van der Waals surface area contributed by atoms with Crippen LogP contribution in [0.5, 0.6) is 5.75 Å². The van der Waals surface area contributed by atoms with E-state index in [-0.39, 0.29) is 11.8 Å². The molecule has 0 bridgehead atoms. The Labute approximate surface area is 144 Å². The normalized spacial score (nSPS) is 10.7. The van der Waals surface area contributed by atoms with E-state index < -0.39 is 0 Å². The van der Waals surface area contributed by atoms with Crippen LogP contribution in [-0.2, 0) is 0 Å². The van der Waals surface area contributed by atoms with E-state index in [2.05, 4.69) is 20.8 Å². The molecule has 0 saturated carbocycles. The van der Waals surface area contributed by atoms with E-state index in [0.717, 1.165) is 22.9 Å². The highest BCUT2D eigenvalue weighted by atomic mass is 19.1. The first kappa shape index (κ1) is 16.8. The fraction of sp³-hybridized carbons (Fsp3) is 0.222. The van der Waals surface area contributed by atoms with Crippen LogP contribution in [0.15, 0.2) is 36.4 Å². The molecule has 0 spiro atoms. The number of urea groups is 1. The molecule has 0 saturated heterocycles. The molecular weight excluding hydrogens is 323 g/mol. The minimum absolute atomic E-state index is 0.300. The van der Waals surface area contributed by atoms with E-state index in [4.69, 9.17) is 4.74 Å². The summed E-state index contributed by atoms with van der Waals surface area (Å²) in [5, 5.41) is 13.2. The van der Waals surface area contributed by atoms with Gasteiger partial charge in [0, 0.05) is 17.5 Å². The number of carbonyl (C=O) groups excluding carboxylic acids is 1. The molecule has 0 aliphatic rings. The molecular formula is C18H19FN4O2. The number of hydrogen-bond donors (Lipinski definition) is 3. The fourth-order valence-electron chi connectivity index (χ4n) is 2.58. The van der Waals surface area contributed by atoms with Gasteiger partial charge in [0.15, 0.2) is 5.82 Å². The van der Waals surface area contributed by atoms with E-state index in [1.807, 2.05) is 25.1 Å². The highest BCUT2D eigenvalue weighted by Gasteiger charge is 2.12. The second-order valence-corrected chi connectivity index (χ2v) is 5.56. The van der Waals surface area contributed by atoms with Crippen LogP contribution in [-0.4, -0.2) is 29.9 Å². The highest BCUT2D eigenvalue weighted by Crippen LogP contribution is 2.33. The Kier molecular flexibility index (Phi) is 4.83. The lowest BCUT2D eigenvalue weighted by Gasteiger charge is -2.09. The van der Waals surface area contributed by atoms with Gasteiger partial charge in [-0.05, 0) is 42.3 Å². The molecule has 0 atom stereocenters. The SMILES string of the molecule is CCCNC(=O)Nc1n[nH]c2cc(-c3cc(F)ccc3OC)ccc12. The van der Waals surface area contributed by atoms with Crippen LogP contribution in [0.4, 0.5) is 15.0 Å². The number of fused-ring (bicyclic) bond motifs is 1. The third kappa shape index (κ3) is 3.55. The molecule has 0 fully saturated rings. The first-order valence-corrected chi connectivity index (χ1v) is 7.99. The number of H-pyrrole nitrogens is 1. The van der Waals surface area contributed by atoms with Crippen molar-refractivity contribution in [1.82, 2.24) is 15.5 Å². The van der Waals surface area contributed by atoms with Gasteiger partial charge in [0.2, 0.25) is 0 Å². The van der Waals surface area contributed by atoms with Crippen LogP contribution in [0.2, 0.25) is 0 Å². The number of anilines is 1. The van der Waals surface area contributed by atoms with Gasteiger partial charge in [-0.1, -0.05) is 13.0 Å². The lowest BCUT2D eigenvalue weighted by atomic mass is 10.0. The van der Waals surface area contributed by atoms with Crippen molar-refractivity contribution in [1.29, 1.82) is 0 Å². The fourth-order valence-corrected chi connectivity index (χ4v) is 2.58. The first-order valence-electron chi connectivity index (χ1n) is 7.99. The quantitative estimate of drug-likeness (QED) is 0.658. The Bertz CT molecular complexity index is 907. The van der Waals surface area contributed by atoms with Crippen LogP contribution in [0.25, 0.3) is 22.0 Å². The number of nitrogens with zero attached hydrogens (tertiary/aromatic N) is 1. The van der Waals surface area contributed by atoms with Gasteiger partial charge >= 0.3 is 6.03 Å². The van der Waals surface area contributed by atoms with Gasteiger partial charge in [0.05, 0.1) is 12.6 Å². The molecule has 2 aromatic carbocycles. The van der Waals surface area contributed by atoms with Crippen LogP contribution < -0.4 is 15.4 Å². The summed E-state index contributed by atoms with van der Waals surface area (Å²) in [7, 11) is 1.54. The molecule has 3 N–H and O–H groups in total. The molecule has 0 unspecified atom stereocenters. The molecule has 3 rings (SSSR count). The Morgan fingerprint density at radius 2 is 2.12 bits per heavy atom. The minimum atomic E-state index is -0.338. The zero-order chi connectivity index (χ0) is 17.8. The molecule has 7 heteroatoms. The Balaban J connectivity index is 1.92. The van der Waals surface area contributed by atoms with E-state index in [1.54, 1.807) is 13.2 Å². The van der Waals surface area contributed by atoms with Gasteiger partial charge < -0.3 is 10.1 Å². The number of aromatic nitrogens is 2. The topological polar surface area (TPSA) is 79.0 Å². The summed E-state index contributed by atoms with van der Waals surface area (Å²) in [6.45, 7) is 2.57. The summed E-state index contributed by atoms with van der Waals surface area (Å²) in [4.78, 5) is 11.8. The molecule has 0 aliphatic heterocycles. The number of ether oxygens (including phenoxy) is 1. The third-order valence-corrected chi connectivity index (χ3v) is 3.80. The molecule has 0 aliphatic carbocycles. The predicted molar refractivity (Wildman–Crippen MR) is 95.4 cm³/mol. The van der Waals surface area contributed by atoms with Crippen molar-refractivity contribution in [3.8, 4) is 16.9 Å². The third-order valence-electron chi connectivity index (χ3n) is 3.80. The molecule has 3 aromatic rings. The zero-order valence-electron chi connectivity index (χ0n) is 14.0. The van der Waals surface area contributed by atoms with Gasteiger partial charge in [0.1, 0.15) is 11.6 Å². The average molecular weight is 342 g/mol. The number of nitrogens with one attached hydrogen (secondary N) is 3. The molecule has 1 aromatic heterocycles. The number of rotatable bonds is 5. The van der Waals surface area contributed by atoms with Gasteiger partial charge in [-0.15, -0.1) is 0 Å². The minimum Gasteiger partial charge on any atom is -0.496 e. The second-order valence-electron chi connectivity index (χ2n) is 5.56. The van der Waals surface area contributed by atoms with Crippen molar-refractivity contribution in [3.05, 3.63) is 42.2 Å². The summed E-state index contributed by atoms with van der Waals surface area (Å²) in [6.07, 6.45) is 0.855. The van der Waals surface area contributed by atoms with Crippen molar-refractivity contribution in [2.24, 2.45) is 0 Å². The lowest BCUT2D eigenvalue weighted by molar-refractivity contribution is 0.252. The summed E-state index contributed by atoms with van der Waals surface area (Å²) in [6, 6.07) is 9.58. The number of amides is 2. The van der Waals surface area contributed by atoms with Crippen molar-refractivity contribution in [3.63, 3.8) is 0 Å². The van der Waals surface area contributed by atoms with Gasteiger partial charge in [-0.25, -0.2) is 9.18 Å². The smallest absolute Gasteiger partial charge is 0.320 e. The first-order chi connectivity index (χ1) is 12.1. The number of methoxy groups -OCH3 is 1. The summed E-state index contributed by atoms with van der Waals surface area (Å²) in [5.41, 5.74) is 2.17. The Morgan fingerprint density at radius 3 is 2.88 bits per heavy atom. The summed E-state index contributed by atoms with van der Waals surface area (Å²) in [5.74, 6) is 0.689. The molecule has 2 amide bonds. The van der Waals surface area contributed by atoms with Crippen molar-refractivity contribution in [2.45, 2.75) is 13.3 Å². The molecule has 0 radical (unpaired) electrons. The second kappa shape index (κ2) is 7.21. The predicted octanol–water partition coefficient (Wildman–Crippen LogP) is 3.91. The van der Waals surface area contributed by atoms with Crippen molar-refractivity contribution in [2.75, 3.05) is 19.0 Å².